The van der Waals surface area contributed by atoms with E-state index in [-0.39, 0.29) is 11.9 Å². The van der Waals surface area contributed by atoms with Gasteiger partial charge in [0.15, 0.2) is 0 Å². The van der Waals surface area contributed by atoms with Crippen molar-refractivity contribution in [2.75, 3.05) is 18.0 Å². The van der Waals surface area contributed by atoms with Gasteiger partial charge in [-0.1, -0.05) is 30.7 Å². The number of halogens is 1. The third-order valence-electron chi connectivity index (χ3n) is 3.11. The van der Waals surface area contributed by atoms with E-state index < -0.39 is 0 Å². The first kappa shape index (κ1) is 12.4. The van der Waals surface area contributed by atoms with Crippen LogP contribution in [0.25, 0.3) is 0 Å². The molecule has 1 aliphatic heterocycles. The van der Waals surface area contributed by atoms with Gasteiger partial charge in [0.2, 0.25) is 5.91 Å². The monoisotopic (exact) mass is 252 g/mol. The summed E-state index contributed by atoms with van der Waals surface area (Å²) in [6, 6.07) is 5.66. The topological polar surface area (TPSA) is 32.3 Å². The van der Waals surface area contributed by atoms with Gasteiger partial charge in [-0.25, -0.2) is 0 Å². The Morgan fingerprint density at radius 3 is 2.94 bits per heavy atom. The second-order valence-corrected chi connectivity index (χ2v) is 4.70. The number of hydrogen-bond acceptors (Lipinski definition) is 2. The average molecular weight is 253 g/mol. The van der Waals surface area contributed by atoms with Gasteiger partial charge in [-0.2, -0.15) is 0 Å². The van der Waals surface area contributed by atoms with Crippen LogP contribution in [0, 0.1) is 6.92 Å². The first-order valence-electron chi connectivity index (χ1n) is 5.95. The molecule has 0 aromatic heterocycles. The molecule has 1 aliphatic rings. The molecule has 3 nitrogen and oxygen atoms in total. The first-order valence-corrected chi connectivity index (χ1v) is 6.32. The van der Waals surface area contributed by atoms with Gasteiger partial charge in [0.25, 0.3) is 0 Å². The molecular formula is C13H17ClN2O. The molecule has 1 fully saturated rings. The number of nitrogens with zero attached hydrogens (tertiary/aromatic N) is 1. The minimum atomic E-state index is -0.0596. The first-order chi connectivity index (χ1) is 8.15. The summed E-state index contributed by atoms with van der Waals surface area (Å²) in [6.45, 7) is 5.54. The van der Waals surface area contributed by atoms with Crippen molar-refractivity contribution in [3.63, 3.8) is 0 Å². The van der Waals surface area contributed by atoms with Crippen molar-refractivity contribution in [3.05, 3.63) is 28.8 Å². The molecule has 1 unspecified atom stereocenters. The summed E-state index contributed by atoms with van der Waals surface area (Å²) in [7, 11) is 0. The number of amides is 1. The van der Waals surface area contributed by atoms with Gasteiger partial charge in [-0.05, 0) is 31.5 Å². The van der Waals surface area contributed by atoms with Crippen LogP contribution < -0.4 is 10.2 Å². The van der Waals surface area contributed by atoms with Crippen LogP contribution in [-0.2, 0) is 4.79 Å². The third-order valence-corrected chi connectivity index (χ3v) is 3.42. The van der Waals surface area contributed by atoms with E-state index in [9.17, 15) is 4.79 Å². The number of carbonyl (C=O) groups is 1. The predicted molar refractivity (Wildman–Crippen MR) is 70.6 cm³/mol. The average Bonchev–Trinajstić information content (AvgIpc) is 2.62. The van der Waals surface area contributed by atoms with Crippen LogP contribution in [0.1, 0.15) is 18.9 Å². The number of aryl methyl sites for hydroxylation is 1. The molecule has 1 aromatic rings. The summed E-state index contributed by atoms with van der Waals surface area (Å²) in [5.74, 6) is 0.128. The Morgan fingerprint density at radius 2 is 2.29 bits per heavy atom. The van der Waals surface area contributed by atoms with Crippen molar-refractivity contribution in [1.82, 2.24) is 5.32 Å². The summed E-state index contributed by atoms with van der Waals surface area (Å²) in [6.07, 6.45) is 0.845. The molecule has 4 heteroatoms. The Labute approximate surface area is 107 Å². The van der Waals surface area contributed by atoms with Crippen LogP contribution in [0.5, 0.6) is 0 Å². The van der Waals surface area contributed by atoms with Gasteiger partial charge in [0.1, 0.15) is 0 Å². The highest BCUT2D eigenvalue weighted by molar-refractivity contribution is 6.34. The SMILES string of the molecule is CCNC1CCN(c2c(C)cccc2Cl)C1=O. The number of para-hydroxylation sites is 1. The number of carbonyl (C=O) groups excluding carboxylic acids is 1. The van der Waals surface area contributed by atoms with E-state index >= 15 is 0 Å². The molecule has 1 N–H and O–H groups in total. The number of rotatable bonds is 3. The standard InChI is InChI=1S/C13H17ClN2O/c1-3-15-11-7-8-16(13(11)17)12-9(2)5-4-6-10(12)14/h4-6,11,15H,3,7-8H2,1-2H3. The third kappa shape index (κ3) is 2.31. The lowest BCUT2D eigenvalue weighted by atomic mass is 10.2. The van der Waals surface area contributed by atoms with Gasteiger partial charge >= 0.3 is 0 Å². The zero-order valence-corrected chi connectivity index (χ0v) is 10.9. The van der Waals surface area contributed by atoms with E-state index in [0.717, 1.165) is 30.8 Å². The lowest BCUT2D eigenvalue weighted by molar-refractivity contribution is -0.118. The summed E-state index contributed by atoms with van der Waals surface area (Å²) in [5, 5.41) is 3.85. The number of anilines is 1. The zero-order chi connectivity index (χ0) is 12.4. The van der Waals surface area contributed by atoms with Crippen molar-refractivity contribution < 1.29 is 4.79 Å². The van der Waals surface area contributed by atoms with Gasteiger partial charge in [0.05, 0.1) is 16.8 Å². The van der Waals surface area contributed by atoms with E-state index in [2.05, 4.69) is 5.32 Å². The maximum Gasteiger partial charge on any atom is 0.244 e. The maximum absolute atomic E-state index is 12.2. The van der Waals surface area contributed by atoms with Crippen LogP contribution in [0.3, 0.4) is 0 Å². The highest BCUT2D eigenvalue weighted by atomic mass is 35.5. The summed E-state index contributed by atoms with van der Waals surface area (Å²) < 4.78 is 0. The molecular weight excluding hydrogens is 236 g/mol. The van der Waals surface area contributed by atoms with E-state index in [1.54, 1.807) is 4.90 Å². The Hall–Kier alpha value is -1.06. The number of hydrogen-bond donors (Lipinski definition) is 1. The molecule has 0 spiro atoms. The van der Waals surface area contributed by atoms with Crippen LogP contribution >= 0.6 is 11.6 Å². The summed E-state index contributed by atoms with van der Waals surface area (Å²) in [4.78, 5) is 14.0. The number of likely N-dealkylation sites (N-methyl/N-ethyl adjacent to an activating group) is 1. The van der Waals surface area contributed by atoms with Crippen LogP contribution in [0.15, 0.2) is 18.2 Å². The van der Waals surface area contributed by atoms with E-state index in [4.69, 9.17) is 11.6 Å². The van der Waals surface area contributed by atoms with Gasteiger partial charge < -0.3 is 10.2 Å². The second-order valence-electron chi connectivity index (χ2n) is 4.29. The molecule has 0 aliphatic carbocycles. The minimum absolute atomic E-state index is 0.0596. The Kier molecular flexibility index (Phi) is 3.69. The largest absolute Gasteiger partial charge is 0.309 e. The smallest absolute Gasteiger partial charge is 0.244 e. The lowest BCUT2D eigenvalue weighted by Gasteiger charge is -2.20. The molecule has 1 heterocycles. The quantitative estimate of drug-likeness (QED) is 0.896. The minimum Gasteiger partial charge on any atom is -0.309 e. The van der Waals surface area contributed by atoms with Crippen molar-refractivity contribution in [2.45, 2.75) is 26.3 Å². The van der Waals surface area contributed by atoms with Crippen LogP contribution in [-0.4, -0.2) is 25.0 Å². The van der Waals surface area contributed by atoms with Crippen molar-refractivity contribution in [1.29, 1.82) is 0 Å². The maximum atomic E-state index is 12.2. The molecule has 1 amide bonds. The van der Waals surface area contributed by atoms with Crippen molar-refractivity contribution in [3.8, 4) is 0 Å². The summed E-state index contributed by atoms with van der Waals surface area (Å²) >= 11 is 6.19. The highest BCUT2D eigenvalue weighted by Crippen LogP contribution is 2.32. The number of nitrogens with one attached hydrogen (secondary N) is 1. The van der Waals surface area contributed by atoms with E-state index in [0.29, 0.717) is 5.02 Å². The molecule has 1 atom stereocenters. The fraction of sp³-hybridized carbons (Fsp3) is 0.462. The molecule has 0 bridgehead atoms. The molecule has 0 radical (unpaired) electrons. The molecule has 92 valence electrons. The molecule has 2 rings (SSSR count). The molecule has 0 saturated carbocycles. The van der Waals surface area contributed by atoms with Crippen molar-refractivity contribution in [2.24, 2.45) is 0 Å². The highest BCUT2D eigenvalue weighted by Gasteiger charge is 2.33. The predicted octanol–water partition coefficient (Wildman–Crippen LogP) is 2.36. The normalized spacial score (nSPS) is 20.1. The van der Waals surface area contributed by atoms with E-state index in [1.807, 2.05) is 32.0 Å². The molecule has 1 saturated heterocycles. The Bertz CT molecular complexity index is 413. The second kappa shape index (κ2) is 5.07. The molecule has 17 heavy (non-hydrogen) atoms. The van der Waals surface area contributed by atoms with Crippen molar-refractivity contribution >= 4 is 23.2 Å². The fourth-order valence-electron chi connectivity index (χ4n) is 2.30. The zero-order valence-electron chi connectivity index (χ0n) is 10.2. The van der Waals surface area contributed by atoms with Gasteiger partial charge in [-0.15, -0.1) is 0 Å². The molecule has 1 aromatic carbocycles. The number of benzene rings is 1. The Balaban J connectivity index is 2.27. The van der Waals surface area contributed by atoms with Crippen LogP contribution in [0.4, 0.5) is 5.69 Å². The van der Waals surface area contributed by atoms with Crippen LogP contribution in [0.2, 0.25) is 5.02 Å². The fourth-order valence-corrected chi connectivity index (χ4v) is 2.63. The van der Waals surface area contributed by atoms with Gasteiger partial charge in [-0.3, -0.25) is 4.79 Å². The summed E-state index contributed by atoms with van der Waals surface area (Å²) in [5.41, 5.74) is 1.91. The Morgan fingerprint density at radius 1 is 1.53 bits per heavy atom. The van der Waals surface area contributed by atoms with Gasteiger partial charge in [0, 0.05) is 6.54 Å². The lowest BCUT2D eigenvalue weighted by Crippen LogP contribution is -2.38. The van der Waals surface area contributed by atoms with E-state index in [1.165, 1.54) is 0 Å².